The number of alkyl halides is 1. The van der Waals surface area contributed by atoms with Gasteiger partial charge in [-0.3, -0.25) is 19.5 Å². The van der Waals surface area contributed by atoms with Crippen molar-refractivity contribution in [1.29, 1.82) is 0 Å². The minimum absolute atomic E-state index is 0.144. The molecule has 2 amide bonds. The van der Waals surface area contributed by atoms with Crippen molar-refractivity contribution < 1.29 is 18.7 Å². The van der Waals surface area contributed by atoms with Crippen molar-refractivity contribution in [1.82, 2.24) is 15.2 Å². The number of fused-ring (bicyclic) bond motifs is 1. The molecule has 0 bridgehead atoms. The lowest BCUT2D eigenvalue weighted by molar-refractivity contribution is -0.138. The van der Waals surface area contributed by atoms with Crippen LogP contribution in [0.15, 0.2) is 30.5 Å². The minimum Gasteiger partial charge on any atom is -0.486 e. The van der Waals surface area contributed by atoms with E-state index in [0.717, 1.165) is 31.8 Å². The third-order valence-corrected chi connectivity index (χ3v) is 7.44. The molecule has 33 heavy (non-hydrogen) atoms. The number of imide groups is 1. The first-order valence-corrected chi connectivity index (χ1v) is 12.1. The number of likely N-dealkylation sites (tertiary alicyclic amines) is 1. The molecule has 5 rings (SSSR count). The van der Waals surface area contributed by atoms with E-state index in [1.807, 2.05) is 31.2 Å². The number of carbonyl (C=O) groups excluding carboxylic acids is 2. The van der Waals surface area contributed by atoms with Gasteiger partial charge < -0.3 is 10.1 Å². The number of hydrogen-bond donors (Lipinski definition) is 1. The number of piperidine rings is 1. The van der Waals surface area contributed by atoms with Crippen LogP contribution in [0.2, 0.25) is 5.02 Å². The highest BCUT2D eigenvalue weighted by Crippen LogP contribution is 2.42. The number of hydrogen-bond acceptors (Lipinski definition) is 6. The highest BCUT2D eigenvalue weighted by Gasteiger charge is 2.30. The Morgan fingerprint density at radius 3 is 2.79 bits per heavy atom. The predicted molar refractivity (Wildman–Crippen MR) is 126 cm³/mol. The van der Waals surface area contributed by atoms with Crippen molar-refractivity contribution in [2.45, 2.75) is 45.0 Å². The van der Waals surface area contributed by atoms with Gasteiger partial charge in [-0.15, -0.1) is 11.3 Å². The first-order chi connectivity index (χ1) is 15.9. The Hall–Kier alpha value is -2.55. The number of pyridine rings is 1. The predicted octanol–water partition coefficient (Wildman–Crippen LogP) is 4.65. The van der Waals surface area contributed by atoms with Crippen LogP contribution in [0.5, 0.6) is 5.75 Å². The summed E-state index contributed by atoms with van der Waals surface area (Å²) in [4.78, 5) is 30.8. The molecule has 0 saturated carbocycles. The van der Waals surface area contributed by atoms with Crippen LogP contribution < -0.4 is 10.1 Å². The number of amides is 2. The van der Waals surface area contributed by atoms with E-state index in [1.54, 1.807) is 6.20 Å². The zero-order valence-corrected chi connectivity index (χ0v) is 19.6. The number of nitrogens with zero attached hydrogens (tertiary/aromatic N) is 2. The van der Waals surface area contributed by atoms with Crippen LogP contribution in [0.25, 0.3) is 21.3 Å². The zero-order chi connectivity index (χ0) is 23.1. The van der Waals surface area contributed by atoms with Crippen molar-refractivity contribution >= 4 is 45.0 Å². The Morgan fingerprint density at radius 2 is 2.03 bits per heavy atom. The van der Waals surface area contributed by atoms with E-state index in [0.29, 0.717) is 23.7 Å². The Balaban J connectivity index is 1.55. The molecular weight excluding hydrogens is 465 g/mol. The quantitative estimate of drug-likeness (QED) is 0.530. The number of nitrogens with one attached hydrogen (secondary N) is 1. The summed E-state index contributed by atoms with van der Waals surface area (Å²) in [5, 5.41) is 3.61. The van der Waals surface area contributed by atoms with Crippen LogP contribution >= 0.6 is 22.9 Å². The van der Waals surface area contributed by atoms with E-state index in [-0.39, 0.29) is 37.7 Å². The summed E-state index contributed by atoms with van der Waals surface area (Å²) in [5.74, 6) is 0.324. The van der Waals surface area contributed by atoms with Crippen molar-refractivity contribution in [3.05, 3.63) is 45.9 Å². The van der Waals surface area contributed by atoms with Crippen molar-refractivity contribution in [2.24, 2.45) is 0 Å². The van der Waals surface area contributed by atoms with Gasteiger partial charge >= 0.3 is 0 Å². The monoisotopic (exact) mass is 487 g/mol. The number of aromatic nitrogens is 1. The molecule has 1 aromatic carbocycles. The molecule has 0 radical (unpaired) electrons. The molecule has 6 nitrogen and oxygen atoms in total. The summed E-state index contributed by atoms with van der Waals surface area (Å²) in [7, 11) is 0. The fourth-order valence-electron chi connectivity index (χ4n) is 4.40. The number of thiophene rings is 1. The molecule has 4 heterocycles. The summed E-state index contributed by atoms with van der Waals surface area (Å²) in [5.41, 5.74) is 3.25. The summed E-state index contributed by atoms with van der Waals surface area (Å²) in [6, 6.07) is 7.45. The first-order valence-electron chi connectivity index (χ1n) is 10.9. The van der Waals surface area contributed by atoms with Gasteiger partial charge in [-0.1, -0.05) is 11.6 Å². The lowest BCUT2D eigenvalue weighted by atomic mass is 10.0. The summed E-state index contributed by atoms with van der Waals surface area (Å²) >= 11 is 7.90. The molecule has 2 aliphatic heterocycles. The van der Waals surface area contributed by atoms with Crippen LogP contribution in [0.3, 0.4) is 0 Å². The number of carbonyl (C=O) groups is 2. The van der Waals surface area contributed by atoms with Gasteiger partial charge in [0.15, 0.2) is 0 Å². The number of rotatable bonds is 5. The van der Waals surface area contributed by atoms with Gasteiger partial charge in [-0.05, 0) is 49.7 Å². The van der Waals surface area contributed by atoms with E-state index >= 15 is 0 Å². The van der Waals surface area contributed by atoms with E-state index in [2.05, 4.69) is 10.3 Å². The fraction of sp³-hybridized carbons (Fsp3) is 0.375. The number of ether oxygens (including phenoxy) is 1. The number of aryl methyl sites for hydroxylation is 1. The molecule has 0 unspecified atom stereocenters. The molecular formula is C24H23ClFN3O3S. The number of halogens is 2. The zero-order valence-electron chi connectivity index (χ0n) is 18.1. The lowest BCUT2D eigenvalue weighted by Gasteiger charge is -2.29. The van der Waals surface area contributed by atoms with Gasteiger partial charge in [0.25, 0.3) is 0 Å². The lowest BCUT2D eigenvalue weighted by Crippen LogP contribution is -2.44. The Bertz CT molecular complexity index is 1230. The third-order valence-electron chi connectivity index (χ3n) is 6.08. The van der Waals surface area contributed by atoms with Crippen LogP contribution in [0, 0.1) is 6.92 Å². The second-order valence-electron chi connectivity index (χ2n) is 8.42. The van der Waals surface area contributed by atoms with Gasteiger partial charge in [0, 0.05) is 46.6 Å². The molecule has 9 heteroatoms. The van der Waals surface area contributed by atoms with E-state index in [9.17, 15) is 14.0 Å². The summed E-state index contributed by atoms with van der Waals surface area (Å²) < 4.78 is 21.7. The second kappa shape index (κ2) is 9.00. The molecule has 2 atom stereocenters. The maximum Gasteiger partial charge on any atom is 0.230 e. The maximum absolute atomic E-state index is 14.5. The van der Waals surface area contributed by atoms with Crippen molar-refractivity contribution in [2.75, 3.05) is 13.1 Å². The Kier molecular flexibility index (Phi) is 6.07. The average Bonchev–Trinajstić information content (AvgIpc) is 3.34. The van der Waals surface area contributed by atoms with Crippen LogP contribution in [0.1, 0.15) is 29.7 Å². The minimum atomic E-state index is -1.09. The molecule has 3 aromatic rings. The van der Waals surface area contributed by atoms with Crippen LogP contribution in [0.4, 0.5) is 4.39 Å². The SMILES string of the molecule is Cc1cc(Cl)cc(-c2ccnc3cc(CN4C(=O)CCC4=O)sc23)c1O[C@H]1CCNC[C@@H]1F. The molecule has 0 aliphatic carbocycles. The highest BCUT2D eigenvalue weighted by atomic mass is 35.5. The van der Waals surface area contributed by atoms with E-state index < -0.39 is 12.3 Å². The summed E-state index contributed by atoms with van der Waals surface area (Å²) in [6.07, 6.45) is 1.19. The van der Waals surface area contributed by atoms with Gasteiger partial charge in [0.1, 0.15) is 18.0 Å². The molecule has 0 spiro atoms. The Morgan fingerprint density at radius 1 is 1.24 bits per heavy atom. The molecule has 2 fully saturated rings. The van der Waals surface area contributed by atoms with Gasteiger partial charge in [0.2, 0.25) is 11.8 Å². The van der Waals surface area contributed by atoms with Crippen LogP contribution in [-0.2, 0) is 16.1 Å². The van der Waals surface area contributed by atoms with Gasteiger partial charge in [0.05, 0.1) is 16.8 Å². The molecule has 2 aliphatic rings. The smallest absolute Gasteiger partial charge is 0.230 e. The maximum atomic E-state index is 14.5. The van der Waals surface area contributed by atoms with Crippen molar-refractivity contribution in [3.8, 4) is 16.9 Å². The standard InChI is InChI=1S/C24H23ClFN3O3S/c1-13-8-14(25)9-17(23(13)32-20-5-6-27-11-18(20)26)16-4-7-28-19-10-15(33-24(16)19)12-29-21(30)2-3-22(29)31/h4,7-10,18,20,27H,2-3,5-6,11-12H2,1H3/t18-,20-/m0/s1. The Labute approximate surface area is 199 Å². The van der Waals surface area contributed by atoms with Crippen molar-refractivity contribution in [3.63, 3.8) is 0 Å². The molecule has 172 valence electrons. The van der Waals surface area contributed by atoms with Gasteiger partial charge in [-0.2, -0.15) is 0 Å². The fourth-order valence-corrected chi connectivity index (χ4v) is 5.80. The summed E-state index contributed by atoms with van der Waals surface area (Å²) in [6.45, 7) is 3.12. The van der Waals surface area contributed by atoms with E-state index in [4.69, 9.17) is 16.3 Å². The topological polar surface area (TPSA) is 71.5 Å². The average molecular weight is 488 g/mol. The van der Waals surface area contributed by atoms with Gasteiger partial charge in [-0.25, -0.2) is 4.39 Å². The number of benzene rings is 1. The molecule has 2 saturated heterocycles. The first kappa shape index (κ1) is 22.3. The van der Waals surface area contributed by atoms with Crippen LogP contribution in [-0.4, -0.2) is 47.1 Å². The second-order valence-corrected chi connectivity index (χ2v) is 10.00. The normalized spacial score (nSPS) is 21.2. The van der Waals surface area contributed by atoms with E-state index in [1.165, 1.54) is 16.2 Å². The third kappa shape index (κ3) is 4.35. The largest absolute Gasteiger partial charge is 0.486 e. The highest BCUT2D eigenvalue weighted by molar-refractivity contribution is 7.19. The molecule has 2 aromatic heterocycles. The molecule has 1 N–H and O–H groups in total.